The number of fused-ring (bicyclic) bond motifs is 1. The summed E-state index contributed by atoms with van der Waals surface area (Å²) in [6, 6.07) is 4.59. The molecule has 1 N–H and O–H groups in total. The van der Waals surface area contributed by atoms with Crippen LogP contribution in [0.1, 0.15) is 36.9 Å². The van der Waals surface area contributed by atoms with E-state index >= 15 is 0 Å². The quantitative estimate of drug-likeness (QED) is 0.651. The minimum absolute atomic E-state index is 0.166. The van der Waals surface area contributed by atoms with Crippen molar-refractivity contribution in [1.82, 2.24) is 19.9 Å². The minimum atomic E-state index is 0.166. The fourth-order valence-electron chi connectivity index (χ4n) is 4.41. The second kappa shape index (κ2) is 9.24. The molecule has 1 saturated carbocycles. The zero-order valence-electron chi connectivity index (χ0n) is 18.8. The number of nitrogens with one attached hydrogen (secondary N) is 1. The summed E-state index contributed by atoms with van der Waals surface area (Å²) < 4.78 is 12.0. The van der Waals surface area contributed by atoms with Gasteiger partial charge in [0.05, 0.1) is 24.8 Å². The first-order valence-electron chi connectivity index (χ1n) is 11.5. The third-order valence-electron chi connectivity index (χ3n) is 6.43. The van der Waals surface area contributed by atoms with E-state index in [9.17, 15) is 0 Å². The van der Waals surface area contributed by atoms with Crippen LogP contribution in [-0.2, 0) is 4.74 Å². The van der Waals surface area contributed by atoms with Crippen LogP contribution in [0.5, 0.6) is 5.75 Å². The molecule has 8 heteroatoms. The van der Waals surface area contributed by atoms with Crippen molar-refractivity contribution < 1.29 is 9.47 Å². The first-order valence-corrected chi connectivity index (χ1v) is 11.5. The Morgan fingerprint density at radius 1 is 1.00 bits per heavy atom. The Hall–Kier alpha value is -3.00. The Morgan fingerprint density at radius 2 is 1.78 bits per heavy atom. The van der Waals surface area contributed by atoms with E-state index in [2.05, 4.69) is 42.3 Å². The standard InChI is InChI=1S/C24H30N6O2/c1-16-15-27-24(28-17(16)2)29-18-3-5-20(6-4-18)32-22-14-19(30-9-11-31-12-10-30)13-21-23(22)26-8-7-25-21/h7-8,13-15,18,20H,3-6,9-12H2,1-2H3,(H,27,28,29). The fraction of sp³-hybridized carbons (Fsp3) is 0.500. The average Bonchev–Trinajstić information content (AvgIpc) is 2.83. The third kappa shape index (κ3) is 4.60. The number of anilines is 2. The lowest BCUT2D eigenvalue weighted by Gasteiger charge is -2.31. The molecule has 0 unspecified atom stereocenters. The Morgan fingerprint density at radius 3 is 2.56 bits per heavy atom. The zero-order chi connectivity index (χ0) is 21.9. The molecule has 1 aliphatic heterocycles. The molecular weight excluding hydrogens is 404 g/mol. The lowest BCUT2D eigenvalue weighted by atomic mass is 9.93. The topological polar surface area (TPSA) is 85.3 Å². The van der Waals surface area contributed by atoms with Gasteiger partial charge in [-0.25, -0.2) is 15.0 Å². The minimum Gasteiger partial charge on any atom is -0.488 e. The van der Waals surface area contributed by atoms with E-state index in [1.54, 1.807) is 12.4 Å². The van der Waals surface area contributed by atoms with E-state index in [1.807, 2.05) is 20.0 Å². The maximum absolute atomic E-state index is 6.51. The van der Waals surface area contributed by atoms with Crippen molar-refractivity contribution in [2.75, 3.05) is 36.5 Å². The molecule has 2 fully saturated rings. The SMILES string of the molecule is Cc1cnc(NC2CCC(Oc3cc(N4CCOCC4)cc4nccnc34)CC2)nc1C. The molecule has 3 aromatic rings. The van der Waals surface area contributed by atoms with Gasteiger partial charge in [0.25, 0.3) is 0 Å². The van der Waals surface area contributed by atoms with Gasteiger partial charge in [0.1, 0.15) is 11.3 Å². The summed E-state index contributed by atoms with van der Waals surface area (Å²) in [7, 11) is 0. The second-order valence-electron chi connectivity index (χ2n) is 8.67. The van der Waals surface area contributed by atoms with Gasteiger partial charge in [-0.05, 0) is 51.2 Å². The number of nitrogens with zero attached hydrogens (tertiary/aromatic N) is 5. The third-order valence-corrected chi connectivity index (χ3v) is 6.43. The van der Waals surface area contributed by atoms with Crippen LogP contribution in [0.3, 0.4) is 0 Å². The van der Waals surface area contributed by atoms with E-state index in [0.29, 0.717) is 6.04 Å². The Kier molecular flexibility index (Phi) is 6.03. The van der Waals surface area contributed by atoms with Gasteiger partial charge in [0, 0.05) is 55.2 Å². The number of morpholine rings is 1. The highest BCUT2D eigenvalue weighted by Gasteiger charge is 2.24. The molecule has 2 aliphatic rings. The van der Waals surface area contributed by atoms with Crippen LogP contribution in [0.15, 0.2) is 30.7 Å². The van der Waals surface area contributed by atoms with Crippen LogP contribution >= 0.6 is 0 Å². The molecular formula is C24H30N6O2. The molecule has 2 aromatic heterocycles. The summed E-state index contributed by atoms with van der Waals surface area (Å²) in [4.78, 5) is 20.4. The van der Waals surface area contributed by atoms with Crippen LogP contribution in [0.2, 0.25) is 0 Å². The zero-order valence-corrected chi connectivity index (χ0v) is 18.8. The van der Waals surface area contributed by atoms with Crippen molar-refractivity contribution in [3.8, 4) is 5.75 Å². The predicted octanol–water partition coefficient (Wildman–Crippen LogP) is 3.68. The molecule has 5 rings (SSSR count). The number of hydrogen-bond acceptors (Lipinski definition) is 8. The van der Waals surface area contributed by atoms with E-state index < -0.39 is 0 Å². The van der Waals surface area contributed by atoms with Gasteiger partial charge >= 0.3 is 0 Å². The van der Waals surface area contributed by atoms with Gasteiger partial charge in [-0.15, -0.1) is 0 Å². The number of hydrogen-bond donors (Lipinski definition) is 1. The smallest absolute Gasteiger partial charge is 0.223 e. The lowest BCUT2D eigenvalue weighted by Crippen LogP contribution is -2.36. The van der Waals surface area contributed by atoms with Gasteiger partial charge in [-0.2, -0.15) is 0 Å². The molecule has 32 heavy (non-hydrogen) atoms. The van der Waals surface area contributed by atoms with E-state index in [-0.39, 0.29) is 6.10 Å². The normalized spacial score (nSPS) is 21.5. The summed E-state index contributed by atoms with van der Waals surface area (Å²) in [5, 5.41) is 3.50. The number of ether oxygens (including phenoxy) is 2. The molecule has 1 saturated heterocycles. The van der Waals surface area contributed by atoms with Crippen LogP contribution in [0.4, 0.5) is 11.6 Å². The van der Waals surface area contributed by atoms with Crippen molar-refractivity contribution in [1.29, 1.82) is 0 Å². The maximum atomic E-state index is 6.51. The molecule has 0 spiro atoms. The van der Waals surface area contributed by atoms with E-state index in [0.717, 1.165) is 91.7 Å². The number of aryl methyl sites for hydroxylation is 2. The monoisotopic (exact) mass is 434 g/mol. The van der Waals surface area contributed by atoms with Crippen molar-refractivity contribution in [2.45, 2.75) is 51.7 Å². The second-order valence-corrected chi connectivity index (χ2v) is 8.67. The Bertz CT molecular complexity index is 1080. The predicted molar refractivity (Wildman–Crippen MR) is 124 cm³/mol. The van der Waals surface area contributed by atoms with Crippen molar-refractivity contribution in [3.63, 3.8) is 0 Å². The fourth-order valence-corrected chi connectivity index (χ4v) is 4.41. The molecule has 0 atom stereocenters. The van der Waals surface area contributed by atoms with Crippen LogP contribution in [0, 0.1) is 13.8 Å². The van der Waals surface area contributed by atoms with Gasteiger partial charge in [0.2, 0.25) is 5.95 Å². The Labute approximate surface area is 188 Å². The van der Waals surface area contributed by atoms with Crippen molar-refractivity contribution in [3.05, 3.63) is 42.0 Å². The number of rotatable bonds is 5. The summed E-state index contributed by atoms with van der Waals surface area (Å²) in [5.74, 6) is 1.54. The summed E-state index contributed by atoms with van der Waals surface area (Å²) >= 11 is 0. The van der Waals surface area contributed by atoms with E-state index in [1.165, 1.54) is 0 Å². The Balaban J connectivity index is 1.27. The maximum Gasteiger partial charge on any atom is 0.223 e. The van der Waals surface area contributed by atoms with Crippen molar-refractivity contribution >= 4 is 22.7 Å². The highest BCUT2D eigenvalue weighted by Crippen LogP contribution is 2.33. The molecule has 0 radical (unpaired) electrons. The molecule has 168 valence electrons. The van der Waals surface area contributed by atoms with Crippen molar-refractivity contribution in [2.24, 2.45) is 0 Å². The van der Waals surface area contributed by atoms with Crippen LogP contribution in [-0.4, -0.2) is 58.4 Å². The molecule has 0 amide bonds. The average molecular weight is 435 g/mol. The highest BCUT2D eigenvalue weighted by molar-refractivity contribution is 5.85. The molecule has 0 bridgehead atoms. The number of benzene rings is 1. The molecule has 1 aromatic carbocycles. The van der Waals surface area contributed by atoms with Gasteiger partial charge < -0.3 is 19.7 Å². The molecule has 8 nitrogen and oxygen atoms in total. The molecule has 3 heterocycles. The first kappa shape index (κ1) is 20.9. The van der Waals surface area contributed by atoms with Crippen LogP contribution < -0.4 is 15.0 Å². The lowest BCUT2D eigenvalue weighted by molar-refractivity contribution is 0.122. The first-order chi connectivity index (χ1) is 15.7. The summed E-state index contributed by atoms with van der Waals surface area (Å²) in [6.45, 7) is 7.30. The highest BCUT2D eigenvalue weighted by atomic mass is 16.5. The van der Waals surface area contributed by atoms with Gasteiger partial charge in [-0.1, -0.05) is 0 Å². The summed E-state index contributed by atoms with van der Waals surface area (Å²) in [5.41, 5.74) is 4.95. The molecule has 1 aliphatic carbocycles. The summed E-state index contributed by atoms with van der Waals surface area (Å²) in [6.07, 6.45) is 9.51. The largest absolute Gasteiger partial charge is 0.488 e. The van der Waals surface area contributed by atoms with Gasteiger partial charge in [0.15, 0.2) is 0 Å². The number of aromatic nitrogens is 4. The van der Waals surface area contributed by atoms with E-state index in [4.69, 9.17) is 9.47 Å². The van der Waals surface area contributed by atoms with Gasteiger partial charge in [-0.3, -0.25) is 4.98 Å². The van der Waals surface area contributed by atoms with Crippen LogP contribution in [0.25, 0.3) is 11.0 Å².